The second kappa shape index (κ2) is 5.32. The molecule has 16 heavy (non-hydrogen) atoms. The molecule has 1 heterocycles. The zero-order valence-electron chi connectivity index (χ0n) is 9.13. The lowest BCUT2D eigenvalue weighted by Crippen LogP contribution is -2.10. The van der Waals surface area contributed by atoms with Crippen LogP contribution < -0.4 is 11.1 Å². The van der Waals surface area contributed by atoms with Crippen LogP contribution in [0.25, 0.3) is 5.69 Å². The maximum atomic E-state index is 5.47. The number of hydrogen-bond donors (Lipinski definition) is 2. The molecule has 0 spiro atoms. The first kappa shape index (κ1) is 10.7. The van der Waals surface area contributed by atoms with Crippen LogP contribution in [0.15, 0.2) is 42.7 Å². The van der Waals surface area contributed by atoms with E-state index < -0.39 is 0 Å². The highest BCUT2D eigenvalue weighted by Gasteiger charge is 2.02. The summed E-state index contributed by atoms with van der Waals surface area (Å²) in [6, 6.07) is 10.0. The highest BCUT2D eigenvalue weighted by atomic mass is 15.3. The van der Waals surface area contributed by atoms with E-state index in [1.807, 2.05) is 41.2 Å². The number of rotatable bonds is 5. The molecule has 2 rings (SSSR count). The largest absolute Gasteiger partial charge is 0.383 e. The van der Waals surface area contributed by atoms with Crippen molar-refractivity contribution in [3.63, 3.8) is 0 Å². The van der Waals surface area contributed by atoms with Crippen molar-refractivity contribution in [2.24, 2.45) is 5.73 Å². The van der Waals surface area contributed by atoms with Crippen LogP contribution in [0.2, 0.25) is 0 Å². The summed E-state index contributed by atoms with van der Waals surface area (Å²) in [6.07, 6.45) is 4.67. The second-order valence-corrected chi connectivity index (χ2v) is 3.54. The third-order valence-corrected chi connectivity index (χ3v) is 2.35. The van der Waals surface area contributed by atoms with Gasteiger partial charge in [0.1, 0.15) is 0 Å². The molecule has 1 aromatic heterocycles. The third kappa shape index (κ3) is 2.41. The Labute approximate surface area is 95.1 Å². The van der Waals surface area contributed by atoms with Gasteiger partial charge in [-0.2, -0.15) is 5.10 Å². The number of anilines is 1. The van der Waals surface area contributed by atoms with Crippen molar-refractivity contribution in [2.75, 3.05) is 18.4 Å². The van der Waals surface area contributed by atoms with Gasteiger partial charge in [0.15, 0.2) is 0 Å². The molecule has 0 aliphatic heterocycles. The molecule has 0 aliphatic carbocycles. The minimum absolute atomic E-state index is 0.705. The molecule has 2 aromatic rings. The monoisotopic (exact) mass is 216 g/mol. The Hall–Kier alpha value is -1.81. The lowest BCUT2D eigenvalue weighted by atomic mass is 10.2. The van der Waals surface area contributed by atoms with Crippen LogP contribution in [-0.2, 0) is 0 Å². The van der Waals surface area contributed by atoms with Gasteiger partial charge in [-0.1, -0.05) is 12.1 Å². The maximum Gasteiger partial charge on any atom is 0.0876 e. The van der Waals surface area contributed by atoms with Crippen molar-refractivity contribution in [3.05, 3.63) is 42.7 Å². The molecule has 3 N–H and O–H groups in total. The Balaban J connectivity index is 2.18. The van der Waals surface area contributed by atoms with E-state index in [9.17, 15) is 0 Å². The van der Waals surface area contributed by atoms with E-state index in [0.717, 1.165) is 24.3 Å². The molecule has 0 amide bonds. The fraction of sp³-hybridized carbons (Fsp3) is 0.250. The number of hydrogen-bond acceptors (Lipinski definition) is 3. The Bertz CT molecular complexity index is 422. The number of nitrogens with one attached hydrogen (secondary N) is 1. The standard InChI is InChI=1S/C12H16N4/c13-7-3-8-14-11-5-1-2-6-12(11)16-10-4-9-15-16/h1-2,4-6,9-10,14H,3,7-8,13H2. The van der Waals surface area contributed by atoms with Crippen molar-refractivity contribution >= 4 is 5.69 Å². The highest BCUT2D eigenvalue weighted by Crippen LogP contribution is 2.18. The smallest absolute Gasteiger partial charge is 0.0876 e. The lowest BCUT2D eigenvalue weighted by molar-refractivity contribution is 0.858. The van der Waals surface area contributed by atoms with Crippen LogP contribution >= 0.6 is 0 Å². The Morgan fingerprint density at radius 2 is 2.12 bits per heavy atom. The summed E-state index contributed by atoms with van der Waals surface area (Å²) in [7, 11) is 0. The Morgan fingerprint density at radius 3 is 2.88 bits per heavy atom. The van der Waals surface area contributed by atoms with E-state index in [4.69, 9.17) is 5.73 Å². The summed E-state index contributed by atoms with van der Waals surface area (Å²) >= 11 is 0. The first-order valence-corrected chi connectivity index (χ1v) is 5.45. The number of para-hydroxylation sites is 2. The van der Waals surface area contributed by atoms with Crippen LogP contribution in [-0.4, -0.2) is 22.9 Å². The summed E-state index contributed by atoms with van der Waals surface area (Å²) in [5.74, 6) is 0. The first-order valence-electron chi connectivity index (χ1n) is 5.45. The van der Waals surface area contributed by atoms with Crippen molar-refractivity contribution in [1.29, 1.82) is 0 Å². The van der Waals surface area contributed by atoms with Crippen LogP contribution in [0, 0.1) is 0 Å². The average Bonchev–Trinajstić information content (AvgIpc) is 2.83. The zero-order chi connectivity index (χ0) is 11.2. The van der Waals surface area contributed by atoms with Gasteiger partial charge in [0, 0.05) is 18.9 Å². The minimum Gasteiger partial charge on any atom is -0.383 e. The summed E-state index contributed by atoms with van der Waals surface area (Å²) < 4.78 is 1.85. The predicted octanol–water partition coefficient (Wildman–Crippen LogP) is 1.63. The summed E-state index contributed by atoms with van der Waals surface area (Å²) in [6.45, 7) is 1.59. The molecule has 0 saturated carbocycles. The molecular weight excluding hydrogens is 200 g/mol. The van der Waals surface area contributed by atoms with Crippen molar-refractivity contribution in [2.45, 2.75) is 6.42 Å². The molecule has 0 saturated heterocycles. The number of nitrogens with zero attached hydrogens (tertiary/aromatic N) is 2. The van der Waals surface area contributed by atoms with Crippen molar-refractivity contribution < 1.29 is 0 Å². The van der Waals surface area contributed by atoms with Gasteiger partial charge in [0.25, 0.3) is 0 Å². The zero-order valence-corrected chi connectivity index (χ0v) is 9.13. The van der Waals surface area contributed by atoms with E-state index in [1.54, 1.807) is 6.20 Å². The average molecular weight is 216 g/mol. The molecule has 0 bridgehead atoms. The molecule has 0 atom stereocenters. The van der Waals surface area contributed by atoms with Gasteiger partial charge < -0.3 is 11.1 Å². The molecule has 0 radical (unpaired) electrons. The van der Waals surface area contributed by atoms with Gasteiger partial charge in [-0.15, -0.1) is 0 Å². The molecule has 4 nitrogen and oxygen atoms in total. The fourth-order valence-corrected chi connectivity index (χ4v) is 1.56. The van der Waals surface area contributed by atoms with Crippen LogP contribution in [0.4, 0.5) is 5.69 Å². The number of aromatic nitrogens is 2. The molecule has 84 valence electrons. The van der Waals surface area contributed by atoms with E-state index in [0.29, 0.717) is 6.54 Å². The van der Waals surface area contributed by atoms with Gasteiger partial charge in [-0.3, -0.25) is 0 Å². The van der Waals surface area contributed by atoms with E-state index >= 15 is 0 Å². The second-order valence-electron chi connectivity index (χ2n) is 3.54. The SMILES string of the molecule is NCCCNc1ccccc1-n1cccn1. The highest BCUT2D eigenvalue weighted by molar-refractivity contribution is 5.60. The van der Waals surface area contributed by atoms with Gasteiger partial charge in [0.05, 0.1) is 11.4 Å². The number of benzene rings is 1. The summed E-state index contributed by atoms with van der Waals surface area (Å²) in [5, 5.41) is 7.59. The van der Waals surface area contributed by atoms with Gasteiger partial charge in [0.2, 0.25) is 0 Å². The van der Waals surface area contributed by atoms with Gasteiger partial charge in [-0.05, 0) is 31.2 Å². The minimum atomic E-state index is 0.705. The molecule has 0 fully saturated rings. The summed E-state index contributed by atoms with van der Waals surface area (Å²) in [4.78, 5) is 0. The van der Waals surface area contributed by atoms with Crippen LogP contribution in [0.5, 0.6) is 0 Å². The lowest BCUT2D eigenvalue weighted by Gasteiger charge is -2.11. The molecular formula is C12H16N4. The van der Waals surface area contributed by atoms with Crippen LogP contribution in [0.1, 0.15) is 6.42 Å². The Kier molecular flexibility index (Phi) is 3.56. The van der Waals surface area contributed by atoms with Gasteiger partial charge >= 0.3 is 0 Å². The molecule has 4 heteroatoms. The quantitative estimate of drug-likeness (QED) is 0.747. The van der Waals surface area contributed by atoms with E-state index in [1.165, 1.54) is 0 Å². The normalized spacial score (nSPS) is 10.3. The fourth-order valence-electron chi connectivity index (χ4n) is 1.56. The molecule has 1 aromatic carbocycles. The summed E-state index contributed by atoms with van der Waals surface area (Å²) in [5.41, 5.74) is 7.61. The van der Waals surface area contributed by atoms with E-state index in [2.05, 4.69) is 10.4 Å². The number of nitrogens with two attached hydrogens (primary N) is 1. The van der Waals surface area contributed by atoms with Gasteiger partial charge in [-0.25, -0.2) is 4.68 Å². The van der Waals surface area contributed by atoms with Crippen molar-refractivity contribution in [1.82, 2.24) is 9.78 Å². The maximum absolute atomic E-state index is 5.47. The molecule has 0 unspecified atom stereocenters. The van der Waals surface area contributed by atoms with E-state index in [-0.39, 0.29) is 0 Å². The Morgan fingerprint density at radius 1 is 1.25 bits per heavy atom. The first-order chi connectivity index (χ1) is 7.92. The van der Waals surface area contributed by atoms with Crippen molar-refractivity contribution in [3.8, 4) is 5.69 Å². The molecule has 0 aliphatic rings. The third-order valence-electron chi connectivity index (χ3n) is 2.35. The van der Waals surface area contributed by atoms with Crippen LogP contribution in [0.3, 0.4) is 0 Å². The predicted molar refractivity (Wildman–Crippen MR) is 65.7 cm³/mol. The topological polar surface area (TPSA) is 55.9 Å².